The van der Waals surface area contributed by atoms with E-state index in [1.54, 1.807) is 31.2 Å². The molecule has 1 amide bonds. The molecular weight excluding hydrogens is 460 g/mol. The van der Waals surface area contributed by atoms with Crippen molar-refractivity contribution in [2.24, 2.45) is 0 Å². The molecule has 4 rings (SSSR count). The normalized spacial score (nSPS) is 15.1. The smallest absolute Gasteiger partial charge is 0.457 e. The van der Waals surface area contributed by atoms with Gasteiger partial charge in [-0.15, -0.1) is 0 Å². The van der Waals surface area contributed by atoms with Crippen molar-refractivity contribution in [1.29, 1.82) is 5.26 Å². The first kappa shape index (κ1) is 22.7. The van der Waals surface area contributed by atoms with Crippen molar-refractivity contribution in [2.75, 3.05) is 5.43 Å². The number of benzene rings is 2. The molecule has 0 unspecified atom stereocenters. The molecule has 0 radical (unpaired) electrons. The molecule has 12 heteroatoms. The fraction of sp³-hybridized carbons (Fsp3) is 0.136. The first-order valence-corrected chi connectivity index (χ1v) is 9.57. The number of nitrogens with one attached hydrogen (secondary N) is 2. The zero-order chi connectivity index (χ0) is 24.5. The molecule has 0 aliphatic carbocycles. The zero-order valence-corrected chi connectivity index (χ0v) is 17.2. The lowest BCUT2D eigenvalue weighted by Crippen LogP contribution is -2.52. The molecule has 1 aliphatic rings. The number of ether oxygens (including phenoxy) is 3. The van der Waals surface area contributed by atoms with Crippen LogP contribution in [0.3, 0.4) is 0 Å². The predicted molar refractivity (Wildman–Crippen MR) is 109 cm³/mol. The minimum Gasteiger partial charge on any atom is -0.457 e. The summed E-state index contributed by atoms with van der Waals surface area (Å²) in [7, 11) is 0. The second-order valence-corrected chi connectivity index (χ2v) is 7.05. The summed E-state index contributed by atoms with van der Waals surface area (Å²) in [4.78, 5) is 16.2. The van der Waals surface area contributed by atoms with E-state index in [9.17, 15) is 22.4 Å². The minimum atomic E-state index is -4.89. The SMILES string of the molecule is Cc1cc(NNC(=O)c2ccc3c(c2)OC(F)(F)C(F)(F)O3)ccc1Oc1ccnc(C#N)c1. The molecule has 3 aromatic rings. The topological polar surface area (TPSA) is 106 Å². The number of aryl methyl sites for hydroxylation is 1. The van der Waals surface area contributed by atoms with Gasteiger partial charge in [0, 0.05) is 17.8 Å². The van der Waals surface area contributed by atoms with Crippen molar-refractivity contribution >= 4 is 11.6 Å². The Kier molecular flexibility index (Phi) is 5.62. The molecule has 0 saturated carbocycles. The number of rotatable bonds is 5. The van der Waals surface area contributed by atoms with E-state index in [1.165, 1.54) is 12.3 Å². The Hall–Kier alpha value is -4.53. The Morgan fingerprint density at radius 2 is 1.76 bits per heavy atom. The average Bonchev–Trinajstić information content (AvgIpc) is 2.79. The quantitative estimate of drug-likeness (QED) is 0.406. The van der Waals surface area contributed by atoms with Crippen molar-refractivity contribution in [3.8, 4) is 29.1 Å². The van der Waals surface area contributed by atoms with E-state index < -0.39 is 29.6 Å². The lowest BCUT2D eigenvalue weighted by Gasteiger charge is -2.31. The van der Waals surface area contributed by atoms with Gasteiger partial charge >= 0.3 is 12.2 Å². The lowest BCUT2D eigenvalue weighted by molar-refractivity contribution is -0.391. The van der Waals surface area contributed by atoms with Crippen molar-refractivity contribution < 1.29 is 36.6 Å². The molecule has 0 spiro atoms. The number of nitrogens with zero attached hydrogens (tertiary/aromatic N) is 2. The molecule has 0 saturated heterocycles. The molecule has 0 bridgehead atoms. The third kappa shape index (κ3) is 4.49. The highest BCUT2D eigenvalue weighted by atomic mass is 19.3. The molecule has 174 valence electrons. The monoisotopic (exact) mass is 474 g/mol. The van der Waals surface area contributed by atoms with Gasteiger partial charge in [-0.2, -0.15) is 22.8 Å². The molecule has 1 aliphatic heterocycles. The number of hydrazine groups is 1. The highest BCUT2D eigenvalue weighted by Crippen LogP contribution is 2.47. The van der Waals surface area contributed by atoms with E-state index in [0.29, 0.717) is 22.7 Å². The van der Waals surface area contributed by atoms with Gasteiger partial charge in [0.2, 0.25) is 0 Å². The summed E-state index contributed by atoms with van der Waals surface area (Å²) < 4.78 is 67.0. The van der Waals surface area contributed by atoms with Crippen LogP contribution >= 0.6 is 0 Å². The summed E-state index contributed by atoms with van der Waals surface area (Å²) in [6.45, 7) is 1.76. The molecule has 34 heavy (non-hydrogen) atoms. The maximum absolute atomic E-state index is 13.4. The average molecular weight is 474 g/mol. The number of carbonyl (C=O) groups is 1. The summed E-state index contributed by atoms with van der Waals surface area (Å²) in [6.07, 6.45) is -8.28. The molecule has 1 aromatic heterocycles. The second kappa shape index (κ2) is 8.43. The van der Waals surface area contributed by atoms with Crippen LogP contribution in [-0.4, -0.2) is 23.1 Å². The van der Waals surface area contributed by atoms with Gasteiger partial charge in [0.25, 0.3) is 5.91 Å². The van der Waals surface area contributed by atoms with Gasteiger partial charge < -0.3 is 14.2 Å². The van der Waals surface area contributed by atoms with Gasteiger partial charge in [-0.1, -0.05) is 0 Å². The fourth-order valence-electron chi connectivity index (χ4n) is 2.91. The molecule has 2 aromatic carbocycles. The Morgan fingerprint density at radius 3 is 2.47 bits per heavy atom. The van der Waals surface area contributed by atoms with Crippen molar-refractivity contribution in [3.63, 3.8) is 0 Å². The summed E-state index contributed by atoms with van der Waals surface area (Å²) >= 11 is 0. The van der Waals surface area contributed by atoms with Crippen molar-refractivity contribution in [2.45, 2.75) is 19.1 Å². The number of hydrogen-bond acceptors (Lipinski definition) is 7. The van der Waals surface area contributed by atoms with Crippen LogP contribution in [0.2, 0.25) is 0 Å². The molecule has 2 N–H and O–H groups in total. The molecular formula is C22H14F4N4O4. The first-order chi connectivity index (χ1) is 16.1. The summed E-state index contributed by atoms with van der Waals surface area (Å²) in [6, 6.07) is 12.8. The van der Waals surface area contributed by atoms with E-state index in [1.807, 2.05) is 6.07 Å². The van der Waals surface area contributed by atoms with Crippen LogP contribution in [0.25, 0.3) is 0 Å². The standard InChI is InChI=1S/C22H14F4N4O4/c1-12-8-14(3-5-17(12)32-16-6-7-28-15(10-16)11-27)29-30-20(31)13-2-4-18-19(9-13)34-22(25,26)21(23,24)33-18/h2-10,29H,1H3,(H,30,31). The van der Waals surface area contributed by atoms with E-state index in [4.69, 9.17) is 10.00 Å². The number of hydrogen-bond donors (Lipinski definition) is 2. The van der Waals surface area contributed by atoms with Gasteiger partial charge in [-0.3, -0.25) is 15.6 Å². The number of alkyl halides is 4. The molecule has 8 nitrogen and oxygen atoms in total. The zero-order valence-electron chi connectivity index (χ0n) is 17.2. The minimum absolute atomic E-state index is 0.140. The number of halogens is 4. The number of aromatic nitrogens is 1. The van der Waals surface area contributed by atoms with Crippen molar-refractivity contribution in [3.05, 3.63) is 71.5 Å². The predicted octanol–water partition coefficient (Wildman–Crippen LogP) is 4.77. The highest BCUT2D eigenvalue weighted by Gasteiger charge is 2.65. The van der Waals surface area contributed by atoms with Gasteiger partial charge in [-0.05, 0) is 55.0 Å². The number of amides is 1. The summed E-state index contributed by atoms with van der Waals surface area (Å²) in [5.41, 5.74) is 6.24. The highest BCUT2D eigenvalue weighted by molar-refractivity contribution is 5.95. The Balaban J connectivity index is 1.42. The van der Waals surface area contributed by atoms with E-state index in [-0.39, 0.29) is 11.3 Å². The Labute approximate surface area is 189 Å². The Morgan fingerprint density at radius 1 is 1.03 bits per heavy atom. The maximum atomic E-state index is 13.4. The van der Waals surface area contributed by atoms with Crippen LogP contribution in [0.1, 0.15) is 21.6 Å². The van der Waals surface area contributed by atoms with Gasteiger partial charge in [0.15, 0.2) is 11.5 Å². The van der Waals surface area contributed by atoms with Gasteiger partial charge in [-0.25, -0.2) is 4.98 Å². The van der Waals surface area contributed by atoms with Gasteiger partial charge in [0.1, 0.15) is 23.3 Å². The van der Waals surface area contributed by atoms with Crippen LogP contribution in [0.5, 0.6) is 23.0 Å². The van der Waals surface area contributed by atoms with Crippen LogP contribution in [0.15, 0.2) is 54.7 Å². The maximum Gasteiger partial charge on any atom is 0.507 e. The largest absolute Gasteiger partial charge is 0.507 e. The summed E-state index contributed by atoms with van der Waals surface area (Å²) in [5, 5.41) is 8.92. The van der Waals surface area contributed by atoms with Crippen LogP contribution < -0.4 is 25.1 Å². The number of pyridine rings is 1. The van der Waals surface area contributed by atoms with Crippen molar-refractivity contribution in [1.82, 2.24) is 10.4 Å². The second-order valence-electron chi connectivity index (χ2n) is 7.05. The number of anilines is 1. The number of carbonyl (C=O) groups excluding carboxylic acids is 1. The van der Waals surface area contributed by atoms with E-state index in [0.717, 1.165) is 18.2 Å². The van der Waals surface area contributed by atoms with Crippen LogP contribution in [0.4, 0.5) is 23.2 Å². The van der Waals surface area contributed by atoms with Gasteiger partial charge in [0.05, 0.1) is 5.69 Å². The lowest BCUT2D eigenvalue weighted by atomic mass is 10.2. The van der Waals surface area contributed by atoms with E-state index >= 15 is 0 Å². The molecule has 0 fully saturated rings. The molecule has 2 heterocycles. The van der Waals surface area contributed by atoms with E-state index in [2.05, 4.69) is 25.3 Å². The third-order valence-corrected chi connectivity index (χ3v) is 4.59. The third-order valence-electron chi connectivity index (χ3n) is 4.59. The Bertz CT molecular complexity index is 1310. The van der Waals surface area contributed by atoms with Crippen LogP contribution in [0, 0.1) is 18.3 Å². The number of fused-ring (bicyclic) bond motifs is 1. The number of nitriles is 1. The first-order valence-electron chi connectivity index (χ1n) is 9.57. The summed E-state index contributed by atoms with van der Waals surface area (Å²) in [5.74, 6) is -1.15. The van der Waals surface area contributed by atoms with Crippen LogP contribution in [-0.2, 0) is 0 Å². The molecule has 0 atom stereocenters. The fourth-order valence-corrected chi connectivity index (χ4v) is 2.91.